The highest BCUT2D eigenvalue weighted by molar-refractivity contribution is 5.88. The molecular formula is C12H24N2O2. The number of hydrogen-bond acceptors (Lipinski definition) is 3. The van der Waals surface area contributed by atoms with Crippen LogP contribution >= 0.6 is 0 Å². The van der Waals surface area contributed by atoms with Crippen LogP contribution in [0.15, 0.2) is 0 Å². The monoisotopic (exact) mass is 228 g/mol. The van der Waals surface area contributed by atoms with Crippen LogP contribution in [0, 0.1) is 5.92 Å². The molecule has 4 nitrogen and oxygen atoms in total. The summed E-state index contributed by atoms with van der Waals surface area (Å²) in [6.45, 7) is 9.90. The summed E-state index contributed by atoms with van der Waals surface area (Å²) in [6.07, 6.45) is 0.463. The highest BCUT2D eigenvalue weighted by Gasteiger charge is 2.22. The average molecular weight is 228 g/mol. The molecule has 0 aliphatic heterocycles. The Morgan fingerprint density at radius 3 is 2.06 bits per heavy atom. The average Bonchev–Trinajstić information content (AvgIpc) is 2.21. The van der Waals surface area contributed by atoms with Crippen LogP contribution in [0.1, 0.15) is 41.0 Å². The van der Waals surface area contributed by atoms with Gasteiger partial charge in [0.25, 0.3) is 0 Å². The van der Waals surface area contributed by atoms with E-state index in [0.717, 1.165) is 0 Å². The summed E-state index contributed by atoms with van der Waals surface area (Å²) in [5, 5.41) is 5.87. The number of carbonyl (C=O) groups is 2. The summed E-state index contributed by atoms with van der Waals surface area (Å²) in [5.74, 6) is 0.171. The highest BCUT2D eigenvalue weighted by atomic mass is 16.2. The van der Waals surface area contributed by atoms with E-state index >= 15 is 0 Å². The van der Waals surface area contributed by atoms with Gasteiger partial charge >= 0.3 is 0 Å². The predicted molar refractivity (Wildman–Crippen MR) is 65.2 cm³/mol. The van der Waals surface area contributed by atoms with Crippen molar-refractivity contribution in [2.45, 2.75) is 53.1 Å². The Morgan fingerprint density at radius 2 is 1.69 bits per heavy atom. The normalized spacial score (nSPS) is 12.9. The number of carbonyl (C=O) groups excluding carboxylic acids is 2. The molecule has 1 amide bonds. The quantitative estimate of drug-likeness (QED) is 0.686. The fourth-order valence-corrected chi connectivity index (χ4v) is 1.35. The van der Waals surface area contributed by atoms with E-state index in [9.17, 15) is 9.59 Å². The molecule has 16 heavy (non-hydrogen) atoms. The molecule has 2 N–H and O–H groups in total. The first-order chi connectivity index (χ1) is 7.38. The molecule has 1 atom stereocenters. The first-order valence-corrected chi connectivity index (χ1v) is 5.93. The van der Waals surface area contributed by atoms with E-state index in [4.69, 9.17) is 0 Å². The summed E-state index contributed by atoms with van der Waals surface area (Å²) < 4.78 is 0. The lowest BCUT2D eigenvalue weighted by molar-refractivity contribution is -0.127. The van der Waals surface area contributed by atoms with Gasteiger partial charge in [-0.2, -0.15) is 0 Å². The van der Waals surface area contributed by atoms with Crippen molar-refractivity contribution in [1.29, 1.82) is 0 Å². The van der Waals surface area contributed by atoms with Crippen molar-refractivity contribution in [3.05, 3.63) is 0 Å². The van der Waals surface area contributed by atoms with E-state index < -0.39 is 0 Å². The number of hydrogen-bond donors (Lipinski definition) is 2. The minimum absolute atomic E-state index is 0.0559. The Kier molecular flexibility index (Phi) is 6.97. The summed E-state index contributed by atoms with van der Waals surface area (Å²) in [6, 6.07) is 0.0182. The Bertz CT molecular complexity index is 237. The van der Waals surface area contributed by atoms with Gasteiger partial charge in [-0.25, -0.2) is 0 Å². The highest BCUT2D eigenvalue weighted by Crippen LogP contribution is 2.03. The topological polar surface area (TPSA) is 58.2 Å². The third-order valence-electron chi connectivity index (χ3n) is 2.32. The van der Waals surface area contributed by atoms with Gasteiger partial charge in [0.15, 0.2) is 5.78 Å². The maximum atomic E-state index is 11.8. The lowest BCUT2D eigenvalue weighted by atomic mass is 10.0. The van der Waals surface area contributed by atoms with Crippen molar-refractivity contribution < 1.29 is 9.59 Å². The second-order valence-electron chi connectivity index (χ2n) is 4.65. The van der Waals surface area contributed by atoms with Crippen LogP contribution in [-0.2, 0) is 9.59 Å². The Labute approximate surface area is 98.2 Å². The number of ketones is 1. The molecule has 0 spiro atoms. The smallest absolute Gasteiger partial charge is 0.237 e. The molecule has 0 saturated carbocycles. The standard InChI is InChI=1S/C12H24N2O2/c1-6-10(15)7-13-12(16)11(8(2)3)14-9(4)5/h8-9,11,14H,6-7H2,1-5H3,(H,13,16). The van der Waals surface area contributed by atoms with Crippen LogP contribution in [0.2, 0.25) is 0 Å². The fraction of sp³-hybridized carbons (Fsp3) is 0.833. The first kappa shape index (κ1) is 15.1. The number of amides is 1. The van der Waals surface area contributed by atoms with E-state index in [1.54, 1.807) is 6.92 Å². The zero-order valence-corrected chi connectivity index (χ0v) is 11.0. The predicted octanol–water partition coefficient (Wildman–Crippen LogP) is 1.10. The molecule has 4 heteroatoms. The van der Waals surface area contributed by atoms with Gasteiger partial charge in [0.2, 0.25) is 5.91 Å². The third-order valence-corrected chi connectivity index (χ3v) is 2.32. The zero-order valence-electron chi connectivity index (χ0n) is 11.0. The number of rotatable bonds is 7. The van der Waals surface area contributed by atoms with Crippen LogP contribution in [0.5, 0.6) is 0 Å². The number of nitrogens with one attached hydrogen (secondary N) is 2. The second-order valence-corrected chi connectivity index (χ2v) is 4.65. The molecule has 0 aliphatic carbocycles. The van der Waals surface area contributed by atoms with Gasteiger partial charge in [-0.05, 0) is 5.92 Å². The van der Waals surface area contributed by atoms with Crippen LogP contribution in [0.25, 0.3) is 0 Å². The minimum atomic E-state index is -0.232. The lowest BCUT2D eigenvalue weighted by Crippen LogP contribution is -2.50. The van der Waals surface area contributed by atoms with Crippen molar-refractivity contribution in [3.63, 3.8) is 0 Å². The summed E-state index contributed by atoms with van der Waals surface area (Å²) in [7, 11) is 0. The molecule has 94 valence electrons. The van der Waals surface area contributed by atoms with E-state index in [-0.39, 0.29) is 36.2 Å². The molecule has 0 radical (unpaired) electrons. The molecule has 0 aromatic carbocycles. The van der Waals surface area contributed by atoms with Crippen LogP contribution in [-0.4, -0.2) is 30.3 Å². The maximum Gasteiger partial charge on any atom is 0.237 e. The van der Waals surface area contributed by atoms with Crippen molar-refractivity contribution in [2.24, 2.45) is 5.92 Å². The molecule has 1 unspecified atom stereocenters. The van der Waals surface area contributed by atoms with Gasteiger partial charge in [0.1, 0.15) is 0 Å². The van der Waals surface area contributed by atoms with E-state index in [0.29, 0.717) is 6.42 Å². The van der Waals surface area contributed by atoms with Gasteiger partial charge in [0, 0.05) is 12.5 Å². The third kappa shape index (κ3) is 5.85. The molecule has 0 heterocycles. The minimum Gasteiger partial charge on any atom is -0.348 e. The van der Waals surface area contributed by atoms with Crippen molar-refractivity contribution in [3.8, 4) is 0 Å². The molecule has 0 saturated heterocycles. The van der Waals surface area contributed by atoms with Crippen LogP contribution in [0.4, 0.5) is 0 Å². The molecule has 0 aromatic heterocycles. The Morgan fingerprint density at radius 1 is 1.12 bits per heavy atom. The summed E-state index contributed by atoms with van der Waals surface area (Å²) >= 11 is 0. The van der Waals surface area contributed by atoms with E-state index in [1.165, 1.54) is 0 Å². The van der Waals surface area contributed by atoms with Gasteiger partial charge in [0.05, 0.1) is 12.6 Å². The lowest BCUT2D eigenvalue weighted by Gasteiger charge is -2.23. The Balaban J connectivity index is 4.22. The van der Waals surface area contributed by atoms with E-state index in [2.05, 4.69) is 10.6 Å². The van der Waals surface area contributed by atoms with E-state index in [1.807, 2.05) is 27.7 Å². The summed E-state index contributed by atoms with van der Waals surface area (Å²) in [4.78, 5) is 22.9. The van der Waals surface area contributed by atoms with Gasteiger partial charge in [-0.1, -0.05) is 34.6 Å². The van der Waals surface area contributed by atoms with Gasteiger partial charge in [-0.15, -0.1) is 0 Å². The van der Waals surface area contributed by atoms with Gasteiger partial charge < -0.3 is 10.6 Å². The molecule has 0 aliphatic rings. The largest absolute Gasteiger partial charge is 0.348 e. The molecule has 0 rings (SSSR count). The summed E-state index contributed by atoms with van der Waals surface area (Å²) in [5.41, 5.74) is 0. The van der Waals surface area contributed by atoms with Crippen molar-refractivity contribution in [1.82, 2.24) is 10.6 Å². The van der Waals surface area contributed by atoms with Crippen molar-refractivity contribution in [2.75, 3.05) is 6.54 Å². The maximum absolute atomic E-state index is 11.8. The molecule has 0 aromatic rings. The van der Waals surface area contributed by atoms with Crippen LogP contribution in [0.3, 0.4) is 0 Å². The van der Waals surface area contributed by atoms with Gasteiger partial charge in [-0.3, -0.25) is 9.59 Å². The van der Waals surface area contributed by atoms with Crippen LogP contribution < -0.4 is 10.6 Å². The second kappa shape index (κ2) is 7.39. The first-order valence-electron chi connectivity index (χ1n) is 5.93. The zero-order chi connectivity index (χ0) is 12.7. The SMILES string of the molecule is CCC(=O)CNC(=O)C(NC(C)C)C(C)C. The molecular weight excluding hydrogens is 204 g/mol. The number of Topliss-reactive ketones (excluding diaryl/α,β-unsaturated/α-hetero) is 1. The molecule has 0 fully saturated rings. The fourth-order valence-electron chi connectivity index (χ4n) is 1.35. The Hall–Kier alpha value is -0.900. The molecule has 0 bridgehead atoms. The van der Waals surface area contributed by atoms with Crippen molar-refractivity contribution >= 4 is 11.7 Å².